The van der Waals surface area contributed by atoms with Gasteiger partial charge in [-0.05, 0) is 56.5 Å². The van der Waals surface area contributed by atoms with Crippen LogP contribution in [0.3, 0.4) is 0 Å². The van der Waals surface area contributed by atoms with Crippen molar-refractivity contribution in [3.8, 4) is 0 Å². The normalized spacial score (nSPS) is 23.8. The molecular formula is C24H28FN3O2. The number of halogens is 1. The SMILES string of the molecule is O=C(c1ccccc1F)N1C[C@@H]2C[C@H](C1)c1ccc(CN3CCCCC3)c(=O)n1C2. The molecule has 0 saturated carbocycles. The molecule has 0 unspecified atom stereocenters. The second-order valence-electron chi connectivity index (χ2n) is 9.02. The second-order valence-corrected chi connectivity index (χ2v) is 9.02. The molecule has 0 radical (unpaired) electrons. The van der Waals surface area contributed by atoms with Gasteiger partial charge >= 0.3 is 0 Å². The van der Waals surface area contributed by atoms with Crippen molar-refractivity contribution >= 4 is 5.91 Å². The van der Waals surface area contributed by atoms with Crippen LogP contribution in [0.15, 0.2) is 41.2 Å². The monoisotopic (exact) mass is 409 g/mol. The molecule has 1 aromatic heterocycles. The van der Waals surface area contributed by atoms with Crippen molar-refractivity contribution in [1.82, 2.24) is 14.4 Å². The lowest BCUT2D eigenvalue weighted by molar-refractivity contribution is 0.0589. The molecular weight excluding hydrogens is 381 g/mol. The van der Waals surface area contributed by atoms with Crippen LogP contribution in [0.4, 0.5) is 4.39 Å². The van der Waals surface area contributed by atoms with E-state index in [1.54, 1.807) is 23.1 Å². The minimum atomic E-state index is -0.475. The number of amides is 1. The molecule has 2 saturated heterocycles. The third-order valence-corrected chi connectivity index (χ3v) is 6.92. The Bertz CT molecular complexity index is 1010. The standard InChI is InChI=1S/C24H28FN3O2/c25-21-7-3-2-6-20(21)24(30)27-13-17-12-19(16-27)22-9-8-18(23(29)28(22)14-17)15-26-10-4-1-5-11-26/h2-3,6-9,17,19H,1,4-5,10-16H2/t17-,19+/m0/s1. The van der Waals surface area contributed by atoms with E-state index in [2.05, 4.69) is 11.0 Å². The van der Waals surface area contributed by atoms with Gasteiger partial charge in [-0.2, -0.15) is 0 Å². The van der Waals surface area contributed by atoms with Crippen LogP contribution in [0.1, 0.15) is 53.2 Å². The number of hydrogen-bond donors (Lipinski definition) is 0. The lowest BCUT2D eigenvalue weighted by Gasteiger charge is -2.43. The van der Waals surface area contributed by atoms with Gasteiger partial charge in [0, 0.05) is 43.4 Å². The van der Waals surface area contributed by atoms with E-state index in [0.29, 0.717) is 19.6 Å². The van der Waals surface area contributed by atoms with Gasteiger partial charge in [-0.25, -0.2) is 4.39 Å². The van der Waals surface area contributed by atoms with Gasteiger partial charge in [0.25, 0.3) is 11.5 Å². The largest absolute Gasteiger partial charge is 0.338 e. The first-order valence-corrected chi connectivity index (χ1v) is 11.1. The van der Waals surface area contributed by atoms with Gasteiger partial charge in [0.1, 0.15) is 5.82 Å². The number of hydrogen-bond acceptors (Lipinski definition) is 3. The van der Waals surface area contributed by atoms with Crippen molar-refractivity contribution < 1.29 is 9.18 Å². The van der Waals surface area contributed by atoms with E-state index in [4.69, 9.17) is 0 Å². The first kappa shape index (κ1) is 19.5. The molecule has 2 aromatic rings. The van der Waals surface area contributed by atoms with Gasteiger partial charge in [-0.15, -0.1) is 0 Å². The molecule has 3 aliphatic heterocycles. The Balaban J connectivity index is 1.38. The lowest BCUT2D eigenvalue weighted by Crippen LogP contribution is -2.49. The van der Waals surface area contributed by atoms with Gasteiger partial charge < -0.3 is 9.47 Å². The summed E-state index contributed by atoms with van der Waals surface area (Å²) in [6.45, 7) is 4.62. The smallest absolute Gasteiger partial charge is 0.256 e. The maximum Gasteiger partial charge on any atom is 0.256 e. The number of fused-ring (bicyclic) bond motifs is 4. The zero-order valence-electron chi connectivity index (χ0n) is 17.2. The molecule has 6 heteroatoms. The highest BCUT2D eigenvalue weighted by Gasteiger charge is 2.37. The zero-order valence-corrected chi connectivity index (χ0v) is 17.2. The van der Waals surface area contributed by atoms with Crippen molar-refractivity contribution in [2.24, 2.45) is 5.92 Å². The fraction of sp³-hybridized carbons (Fsp3) is 0.500. The second kappa shape index (κ2) is 7.99. The summed E-state index contributed by atoms with van der Waals surface area (Å²) < 4.78 is 16.1. The van der Waals surface area contributed by atoms with Crippen molar-refractivity contribution in [1.29, 1.82) is 0 Å². The van der Waals surface area contributed by atoms with Gasteiger partial charge in [-0.3, -0.25) is 14.5 Å². The predicted molar refractivity (Wildman–Crippen MR) is 113 cm³/mol. The summed E-state index contributed by atoms with van der Waals surface area (Å²) in [5, 5.41) is 0. The molecule has 5 rings (SSSR count). The summed E-state index contributed by atoms with van der Waals surface area (Å²) >= 11 is 0. The number of pyridine rings is 1. The van der Waals surface area contributed by atoms with E-state index in [-0.39, 0.29) is 28.9 Å². The highest BCUT2D eigenvalue weighted by molar-refractivity contribution is 5.94. The van der Waals surface area contributed by atoms with Gasteiger partial charge in [0.2, 0.25) is 0 Å². The molecule has 3 aliphatic rings. The van der Waals surface area contributed by atoms with E-state index in [0.717, 1.165) is 37.3 Å². The third-order valence-electron chi connectivity index (χ3n) is 6.92. The average Bonchev–Trinajstić information content (AvgIpc) is 2.76. The summed E-state index contributed by atoms with van der Waals surface area (Å²) in [6, 6.07) is 10.2. The quantitative estimate of drug-likeness (QED) is 0.782. The molecule has 2 fully saturated rings. The average molecular weight is 410 g/mol. The topological polar surface area (TPSA) is 45.6 Å². The summed E-state index contributed by atoms with van der Waals surface area (Å²) in [5.41, 5.74) is 2.15. The Labute approximate surface area is 176 Å². The Morgan fingerprint density at radius 1 is 1.00 bits per heavy atom. The van der Waals surface area contributed by atoms with Crippen molar-refractivity contribution in [2.75, 3.05) is 26.2 Å². The van der Waals surface area contributed by atoms with Crippen LogP contribution >= 0.6 is 0 Å². The summed E-state index contributed by atoms with van der Waals surface area (Å²) in [7, 11) is 0. The number of piperidine rings is 2. The first-order valence-electron chi connectivity index (χ1n) is 11.1. The Kier molecular flexibility index (Phi) is 5.19. The molecule has 30 heavy (non-hydrogen) atoms. The van der Waals surface area contributed by atoms with Crippen LogP contribution in [-0.4, -0.2) is 46.5 Å². The third kappa shape index (κ3) is 3.58. The highest BCUT2D eigenvalue weighted by Crippen LogP contribution is 2.36. The molecule has 2 atom stereocenters. The molecule has 0 aliphatic carbocycles. The molecule has 158 valence electrons. The number of nitrogens with zero attached hydrogens (tertiary/aromatic N) is 3. The van der Waals surface area contributed by atoms with Crippen LogP contribution in [0.2, 0.25) is 0 Å². The minimum Gasteiger partial charge on any atom is -0.338 e. The van der Waals surface area contributed by atoms with Crippen LogP contribution in [0.25, 0.3) is 0 Å². The van der Waals surface area contributed by atoms with Crippen molar-refractivity contribution in [3.63, 3.8) is 0 Å². The molecule has 1 amide bonds. The van der Waals surface area contributed by atoms with Crippen LogP contribution in [-0.2, 0) is 13.1 Å². The summed E-state index contributed by atoms with van der Waals surface area (Å²) in [5.74, 6) is -0.364. The molecule has 0 spiro atoms. The van der Waals surface area contributed by atoms with Gasteiger partial charge in [0.05, 0.1) is 5.56 Å². The molecule has 4 heterocycles. The fourth-order valence-electron chi connectivity index (χ4n) is 5.44. The molecule has 2 bridgehead atoms. The van der Waals surface area contributed by atoms with Crippen LogP contribution in [0, 0.1) is 11.7 Å². The molecule has 5 nitrogen and oxygen atoms in total. The van der Waals surface area contributed by atoms with E-state index < -0.39 is 5.82 Å². The van der Waals surface area contributed by atoms with E-state index in [1.807, 2.05) is 10.6 Å². The Morgan fingerprint density at radius 2 is 1.80 bits per heavy atom. The van der Waals surface area contributed by atoms with Crippen LogP contribution in [0.5, 0.6) is 0 Å². The maximum absolute atomic E-state index is 14.1. The van der Waals surface area contributed by atoms with Gasteiger partial charge in [-0.1, -0.05) is 24.6 Å². The zero-order chi connectivity index (χ0) is 20.7. The van der Waals surface area contributed by atoms with Crippen molar-refractivity contribution in [2.45, 2.75) is 44.7 Å². The highest BCUT2D eigenvalue weighted by atomic mass is 19.1. The van der Waals surface area contributed by atoms with Crippen molar-refractivity contribution in [3.05, 3.63) is 69.4 Å². The summed E-state index contributed by atoms with van der Waals surface area (Å²) in [4.78, 5) is 30.3. The lowest BCUT2D eigenvalue weighted by atomic mass is 9.82. The van der Waals surface area contributed by atoms with Crippen LogP contribution < -0.4 is 5.56 Å². The number of aromatic nitrogens is 1. The maximum atomic E-state index is 14.1. The van der Waals surface area contributed by atoms with E-state index in [9.17, 15) is 14.0 Å². The first-order chi connectivity index (χ1) is 14.6. The number of rotatable bonds is 3. The number of carbonyl (C=O) groups is 1. The molecule has 1 aromatic carbocycles. The van der Waals surface area contributed by atoms with E-state index in [1.165, 1.54) is 25.3 Å². The van der Waals surface area contributed by atoms with Gasteiger partial charge in [0.15, 0.2) is 0 Å². The van der Waals surface area contributed by atoms with E-state index >= 15 is 0 Å². The minimum absolute atomic E-state index is 0.127. The predicted octanol–water partition coefficient (Wildman–Crippen LogP) is 3.23. The Morgan fingerprint density at radius 3 is 2.60 bits per heavy atom. The summed E-state index contributed by atoms with van der Waals surface area (Å²) in [6.07, 6.45) is 4.68. The number of carbonyl (C=O) groups excluding carboxylic acids is 1. The Hall–Kier alpha value is -2.47. The molecule has 0 N–H and O–H groups in total. The number of likely N-dealkylation sites (tertiary alicyclic amines) is 2. The number of benzene rings is 1. The fourth-order valence-corrected chi connectivity index (χ4v) is 5.44.